The summed E-state index contributed by atoms with van der Waals surface area (Å²) in [5, 5.41) is 0. The fourth-order valence-corrected chi connectivity index (χ4v) is 0.880. The molecule has 13 heavy (non-hydrogen) atoms. The predicted octanol–water partition coefficient (Wildman–Crippen LogP) is 2.24. The van der Waals surface area contributed by atoms with Crippen LogP contribution in [0.15, 0.2) is 24.3 Å². The summed E-state index contributed by atoms with van der Waals surface area (Å²) in [5.74, 6) is 5.69. The Kier molecular flexibility index (Phi) is 3.57. The number of hydrogen-bond acceptors (Lipinski definition) is 1. The summed E-state index contributed by atoms with van der Waals surface area (Å²) < 4.78 is 4.79. The van der Waals surface area contributed by atoms with Crippen LogP contribution < -0.4 is 0 Å². The smallest absolute Gasteiger partial charge is 0.202 e. The zero-order chi connectivity index (χ0) is 9.52. The maximum Gasteiger partial charge on any atom is 0.202 e. The molecule has 0 aromatic heterocycles. The molecular formula is C11H9NO. The zero-order valence-corrected chi connectivity index (χ0v) is 7.37. The number of ether oxygens (including phenoxy) is 1. The van der Waals surface area contributed by atoms with E-state index in [1.165, 1.54) is 0 Å². The Labute approximate surface area is 78.0 Å². The van der Waals surface area contributed by atoms with Crippen molar-refractivity contribution < 1.29 is 4.74 Å². The lowest BCUT2D eigenvalue weighted by Gasteiger charge is -1.92. The van der Waals surface area contributed by atoms with E-state index in [1.54, 1.807) is 13.2 Å². The molecule has 1 rings (SSSR count). The van der Waals surface area contributed by atoms with Gasteiger partial charge in [-0.1, -0.05) is 36.1 Å². The molecule has 0 aliphatic rings. The average Bonchev–Trinajstić information content (AvgIpc) is 2.19. The molecule has 2 heteroatoms. The third kappa shape index (κ3) is 2.63. The molecule has 0 unspecified atom stereocenters. The Balaban J connectivity index is 2.91. The Morgan fingerprint density at radius 3 is 2.92 bits per heavy atom. The van der Waals surface area contributed by atoms with E-state index in [2.05, 4.69) is 16.7 Å². The Morgan fingerprint density at radius 2 is 2.23 bits per heavy atom. The van der Waals surface area contributed by atoms with Gasteiger partial charge in [0, 0.05) is 12.7 Å². The van der Waals surface area contributed by atoms with Crippen molar-refractivity contribution in [3.63, 3.8) is 0 Å². The first-order valence-corrected chi connectivity index (χ1v) is 3.83. The molecule has 0 bridgehead atoms. The average molecular weight is 171 g/mol. The molecule has 0 radical (unpaired) electrons. The van der Waals surface area contributed by atoms with E-state index in [1.807, 2.05) is 18.2 Å². The Morgan fingerprint density at radius 1 is 1.46 bits per heavy atom. The van der Waals surface area contributed by atoms with Gasteiger partial charge >= 0.3 is 0 Å². The summed E-state index contributed by atoms with van der Waals surface area (Å²) in [6.45, 7) is 7.29. The van der Waals surface area contributed by atoms with Gasteiger partial charge in [-0.3, -0.25) is 0 Å². The first-order valence-electron chi connectivity index (χ1n) is 3.83. The van der Waals surface area contributed by atoms with Crippen LogP contribution in [0.2, 0.25) is 0 Å². The quantitative estimate of drug-likeness (QED) is 0.466. The van der Waals surface area contributed by atoms with Crippen LogP contribution in [0.4, 0.5) is 5.69 Å². The molecule has 0 spiro atoms. The SMILES string of the molecule is [C-]#[N+]c1ccccc1C#CCOC. The lowest BCUT2D eigenvalue weighted by atomic mass is 10.2. The maximum atomic E-state index is 6.89. The highest BCUT2D eigenvalue weighted by Gasteiger charge is 1.94. The molecule has 64 valence electrons. The maximum absolute atomic E-state index is 6.89. The van der Waals surface area contributed by atoms with Crippen molar-refractivity contribution >= 4 is 5.69 Å². The van der Waals surface area contributed by atoms with Crippen LogP contribution in [0.3, 0.4) is 0 Å². The van der Waals surface area contributed by atoms with E-state index in [9.17, 15) is 0 Å². The monoisotopic (exact) mass is 171 g/mol. The van der Waals surface area contributed by atoms with Crippen molar-refractivity contribution in [1.29, 1.82) is 0 Å². The fraction of sp³-hybridized carbons (Fsp3) is 0.182. The van der Waals surface area contributed by atoms with Gasteiger partial charge in [0.25, 0.3) is 0 Å². The van der Waals surface area contributed by atoms with Crippen LogP contribution in [-0.2, 0) is 4.74 Å². The topological polar surface area (TPSA) is 13.6 Å². The predicted molar refractivity (Wildman–Crippen MR) is 51.5 cm³/mol. The van der Waals surface area contributed by atoms with E-state index in [0.717, 1.165) is 5.56 Å². The zero-order valence-electron chi connectivity index (χ0n) is 7.37. The van der Waals surface area contributed by atoms with Gasteiger partial charge in [0.1, 0.15) is 6.61 Å². The minimum absolute atomic E-state index is 0.395. The molecule has 1 aromatic carbocycles. The van der Waals surface area contributed by atoms with Gasteiger partial charge in [0.2, 0.25) is 5.69 Å². The number of methoxy groups -OCH3 is 1. The first-order chi connectivity index (χ1) is 6.38. The van der Waals surface area contributed by atoms with Crippen LogP contribution in [0.25, 0.3) is 4.85 Å². The van der Waals surface area contributed by atoms with Crippen LogP contribution >= 0.6 is 0 Å². The van der Waals surface area contributed by atoms with E-state index in [4.69, 9.17) is 11.3 Å². The number of nitrogens with zero attached hydrogens (tertiary/aromatic N) is 1. The molecule has 0 N–H and O–H groups in total. The van der Waals surface area contributed by atoms with Crippen molar-refractivity contribution in [1.82, 2.24) is 0 Å². The molecule has 0 heterocycles. The van der Waals surface area contributed by atoms with Gasteiger partial charge in [-0.05, 0) is 0 Å². The molecule has 0 saturated heterocycles. The van der Waals surface area contributed by atoms with Gasteiger partial charge in [-0.25, -0.2) is 4.85 Å². The standard InChI is InChI=1S/C11H9NO/c1-12-11-8-4-3-6-10(11)7-5-9-13-2/h3-4,6,8H,9H2,2H3. The van der Waals surface area contributed by atoms with Gasteiger partial charge in [0.15, 0.2) is 0 Å². The molecular weight excluding hydrogens is 162 g/mol. The molecule has 0 fully saturated rings. The van der Waals surface area contributed by atoms with Crippen LogP contribution in [-0.4, -0.2) is 13.7 Å². The highest BCUT2D eigenvalue weighted by Crippen LogP contribution is 2.16. The second-order valence-corrected chi connectivity index (χ2v) is 2.36. The lowest BCUT2D eigenvalue weighted by molar-refractivity contribution is 0.240. The molecule has 0 amide bonds. The number of para-hydroxylation sites is 1. The van der Waals surface area contributed by atoms with Crippen molar-refractivity contribution in [2.24, 2.45) is 0 Å². The third-order valence-electron chi connectivity index (χ3n) is 1.46. The third-order valence-corrected chi connectivity index (χ3v) is 1.46. The summed E-state index contributed by atoms with van der Waals surface area (Å²) in [6, 6.07) is 7.28. The molecule has 2 nitrogen and oxygen atoms in total. The molecule has 1 aromatic rings. The summed E-state index contributed by atoms with van der Waals surface area (Å²) in [5.41, 5.74) is 1.35. The first kappa shape index (κ1) is 9.32. The Bertz CT molecular complexity index is 379. The van der Waals surface area contributed by atoms with Crippen molar-refractivity contribution in [3.05, 3.63) is 41.2 Å². The fourth-order valence-electron chi connectivity index (χ4n) is 0.880. The Hall–Kier alpha value is -1.77. The second-order valence-electron chi connectivity index (χ2n) is 2.36. The van der Waals surface area contributed by atoms with Crippen LogP contribution in [0.5, 0.6) is 0 Å². The van der Waals surface area contributed by atoms with Gasteiger partial charge in [0.05, 0.1) is 6.57 Å². The van der Waals surface area contributed by atoms with Crippen molar-refractivity contribution in [2.45, 2.75) is 0 Å². The molecule has 0 aliphatic heterocycles. The molecule has 0 aliphatic carbocycles. The molecule has 0 saturated carbocycles. The number of benzene rings is 1. The summed E-state index contributed by atoms with van der Waals surface area (Å²) in [7, 11) is 1.59. The minimum Gasteiger partial charge on any atom is -0.372 e. The highest BCUT2D eigenvalue weighted by molar-refractivity contribution is 5.59. The van der Waals surface area contributed by atoms with E-state index in [0.29, 0.717) is 12.3 Å². The number of hydrogen-bond donors (Lipinski definition) is 0. The van der Waals surface area contributed by atoms with Crippen LogP contribution in [0.1, 0.15) is 5.56 Å². The van der Waals surface area contributed by atoms with Crippen molar-refractivity contribution in [2.75, 3.05) is 13.7 Å². The number of rotatable bonds is 1. The van der Waals surface area contributed by atoms with Gasteiger partial charge in [-0.2, -0.15) is 0 Å². The molecule has 0 atom stereocenters. The van der Waals surface area contributed by atoms with Crippen molar-refractivity contribution in [3.8, 4) is 11.8 Å². The normalized spacial score (nSPS) is 8.31. The highest BCUT2D eigenvalue weighted by atomic mass is 16.5. The van der Waals surface area contributed by atoms with E-state index >= 15 is 0 Å². The van der Waals surface area contributed by atoms with E-state index < -0.39 is 0 Å². The minimum atomic E-state index is 0.395. The van der Waals surface area contributed by atoms with Gasteiger partial charge < -0.3 is 4.74 Å². The second kappa shape index (κ2) is 4.98. The summed E-state index contributed by atoms with van der Waals surface area (Å²) in [6.07, 6.45) is 0. The van der Waals surface area contributed by atoms with Gasteiger partial charge in [-0.15, -0.1) is 0 Å². The van der Waals surface area contributed by atoms with Crippen LogP contribution in [0, 0.1) is 18.4 Å². The largest absolute Gasteiger partial charge is 0.372 e. The summed E-state index contributed by atoms with van der Waals surface area (Å²) >= 11 is 0. The van der Waals surface area contributed by atoms with E-state index in [-0.39, 0.29) is 0 Å². The lowest BCUT2D eigenvalue weighted by Crippen LogP contribution is -1.81. The summed E-state index contributed by atoms with van der Waals surface area (Å²) in [4.78, 5) is 3.36.